The van der Waals surface area contributed by atoms with Crippen LogP contribution in [0.5, 0.6) is 5.75 Å². The minimum Gasteiger partial charge on any atom is -0.490 e. The van der Waals surface area contributed by atoms with Crippen LogP contribution in [0.1, 0.15) is 24.6 Å². The summed E-state index contributed by atoms with van der Waals surface area (Å²) in [6.45, 7) is 1.96. The summed E-state index contributed by atoms with van der Waals surface area (Å²) in [5.74, 6) is 0.815. The van der Waals surface area contributed by atoms with Crippen molar-refractivity contribution in [2.75, 3.05) is 19.7 Å². The van der Waals surface area contributed by atoms with E-state index in [0.717, 1.165) is 29.6 Å². The number of aliphatic hydroxyl groups is 1. The van der Waals surface area contributed by atoms with E-state index in [1.165, 1.54) is 12.1 Å². The Morgan fingerprint density at radius 1 is 1.17 bits per heavy atom. The first-order valence-electron chi connectivity index (χ1n) is 8.55. The fourth-order valence-corrected chi connectivity index (χ4v) is 3.64. The number of fused-ring (bicyclic) bond motifs is 1. The number of aliphatic hydroxyl groups excluding tert-OH is 1. The third-order valence-corrected chi connectivity index (χ3v) is 4.78. The highest BCUT2D eigenvalue weighted by molar-refractivity contribution is 5.85. The van der Waals surface area contributed by atoms with Gasteiger partial charge >= 0.3 is 0 Å². The Bertz CT molecular complexity index is 781. The molecular formula is C19H23N3O2. The lowest BCUT2D eigenvalue weighted by Crippen LogP contribution is -2.35. The van der Waals surface area contributed by atoms with Crippen LogP contribution in [0.3, 0.4) is 0 Å². The summed E-state index contributed by atoms with van der Waals surface area (Å²) in [4.78, 5) is 8.82. The minimum atomic E-state index is -0.505. The van der Waals surface area contributed by atoms with Gasteiger partial charge in [-0.2, -0.15) is 0 Å². The van der Waals surface area contributed by atoms with Crippen LogP contribution in [0, 0.1) is 0 Å². The molecule has 4 rings (SSSR count). The zero-order valence-electron chi connectivity index (χ0n) is 13.6. The van der Waals surface area contributed by atoms with E-state index in [0.29, 0.717) is 19.2 Å². The molecule has 3 N–H and O–H groups in total. The van der Waals surface area contributed by atoms with Gasteiger partial charge in [-0.3, -0.25) is 4.90 Å². The molecule has 0 radical (unpaired) electrons. The maximum Gasteiger partial charge on any atom is 0.128 e. The lowest BCUT2D eigenvalue weighted by molar-refractivity contribution is 0.0639. The number of hydrogen-bond donors (Lipinski definition) is 3. The average molecular weight is 325 g/mol. The molecule has 5 nitrogen and oxygen atoms in total. The number of H-pyrrole nitrogens is 2. The Morgan fingerprint density at radius 3 is 3.00 bits per heavy atom. The summed E-state index contributed by atoms with van der Waals surface area (Å²) < 4.78 is 5.87. The number of nitrogens with zero attached hydrogens (tertiary/aromatic N) is 1. The van der Waals surface area contributed by atoms with Crippen LogP contribution in [0.4, 0.5) is 0 Å². The highest BCUT2D eigenvalue weighted by Crippen LogP contribution is 2.31. The first kappa shape index (κ1) is 15.3. The van der Waals surface area contributed by atoms with E-state index in [2.05, 4.69) is 20.9 Å². The van der Waals surface area contributed by atoms with Gasteiger partial charge < -0.3 is 19.8 Å². The van der Waals surface area contributed by atoms with Gasteiger partial charge in [-0.05, 0) is 49.7 Å². The molecule has 0 bridgehead atoms. The van der Waals surface area contributed by atoms with Gasteiger partial charge in [-0.25, -0.2) is 0 Å². The molecule has 1 aliphatic heterocycles. The van der Waals surface area contributed by atoms with Gasteiger partial charge in [0.15, 0.2) is 0 Å². The average Bonchev–Trinajstić information content (AvgIpc) is 3.32. The van der Waals surface area contributed by atoms with E-state index in [1.807, 2.05) is 42.7 Å². The largest absolute Gasteiger partial charge is 0.490 e. The van der Waals surface area contributed by atoms with Crippen LogP contribution < -0.4 is 4.74 Å². The third kappa shape index (κ3) is 3.05. The van der Waals surface area contributed by atoms with Crippen LogP contribution in [0.2, 0.25) is 0 Å². The molecule has 1 aromatic carbocycles. The molecule has 0 amide bonds. The molecule has 0 spiro atoms. The highest BCUT2D eigenvalue weighted by Gasteiger charge is 2.28. The molecule has 5 heteroatoms. The van der Waals surface area contributed by atoms with Crippen molar-refractivity contribution in [3.63, 3.8) is 0 Å². The van der Waals surface area contributed by atoms with E-state index >= 15 is 0 Å². The number of likely N-dealkylation sites (tertiary alicyclic amines) is 1. The molecule has 0 saturated carbocycles. The number of nitrogens with one attached hydrogen (secondary N) is 2. The van der Waals surface area contributed by atoms with E-state index in [-0.39, 0.29) is 0 Å². The lowest BCUT2D eigenvalue weighted by atomic mass is 10.1. The Morgan fingerprint density at radius 2 is 2.12 bits per heavy atom. The SMILES string of the molecule is OC(COc1cccc2[nH]ccc12)CN1CCCC1c1ccc[nH]1. The minimum absolute atomic E-state index is 0.304. The van der Waals surface area contributed by atoms with Crippen LogP contribution in [0.25, 0.3) is 10.9 Å². The number of aromatic amines is 2. The maximum atomic E-state index is 10.4. The van der Waals surface area contributed by atoms with Crippen molar-refractivity contribution in [3.8, 4) is 5.75 Å². The van der Waals surface area contributed by atoms with E-state index in [1.54, 1.807) is 0 Å². The molecule has 3 heterocycles. The van der Waals surface area contributed by atoms with Gasteiger partial charge in [0, 0.05) is 41.6 Å². The van der Waals surface area contributed by atoms with Crippen molar-refractivity contribution in [2.24, 2.45) is 0 Å². The molecule has 2 unspecified atom stereocenters. The molecule has 2 aromatic heterocycles. The number of hydrogen-bond acceptors (Lipinski definition) is 3. The lowest BCUT2D eigenvalue weighted by Gasteiger charge is -2.26. The molecule has 2 atom stereocenters. The molecule has 1 aliphatic rings. The smallest absolute Gasteiger partial charge is 0.128 e. The molecule has 3 aromatic rings. The fourth-order valence-electron chi connectivity index (χ4n) is 3.64. The number of aromatic nitrogens is 2. The van der Waals surface area contributed by atoms with E-state index in [4.69, 9.17) is 4.74 Å². The van der Waals surface area contributed by atoms with E-state index < -0.39 is 6.10 Å². The van der Waals surface area contributed by atoms with Crippen LogP contribution >= 0.6 is 0 Å². The zero-order valence-corrected chi connectivity index (χ0v) is 13.6. The van der Waals surface area contributed by atoms with Gasteiger partial charge in [-0.15, -0.1) is 0 Å². The third-order valence-electron chi connectivity index (χ3n) is 4.78. The monoisotopic (exact) mass is 325 g/mol. The van der Waals surface area contributed by atoms with Crippen molar-refractivity contribution >= 4 is 10.9 Å². The van der Waals surface area contributed by atoms with Crippen molar-refractivity contribution < 1.29 is 9.84 Å². The van der Waals surface area contributed by atoms with Gasteiger partial charge in [0.25, 0.3) is 0 Å². The van der Waals surface area contributed by atoms with Crippen molar-refractivity contribution in [1.82, 2.24) is 14.9 Å². The molecule has 0 aliphatic carbocycles. The second kappa shape index (κ2) is 6.71. The predicted molar refractivity (Wildman–Crippen MR) is 94.1 cm³/mol. The zero-order chi connectivity index (χ0) is 16.4. The fraction of sp³-hybridized carbons (Fsp3) is 0.368. The first-order chi connectivity index (χ1) is 11.8. The van der Waals surface area contributed by atoms with Crippen LogP contribution in [-0.4, -0.2) is 45.8 Å². The summed E-state index contributed by atoms with van der Waals surface area (Å²) in [5.41, 5.74) is 2.28. The quantitative estimate of drug-likeness (QED) is 0.652. The van der Waals surface area contributed by atoms with Crippen molar-refractivity contribution in [3.05, 3.63) is 54.5 Å². The van der Waals surface area contributed by atoms with Crippen LogP contribution in [-0.2, 0) is 0 Å². The first-order valence-corrected chi connectivity index (χ1v) is 8.55. The summed E-state index contributed by atoms with van der Waals surface area (Å²) in [6, 6.07) is 12.5. The summed E-state index contributed by atoms with van der Waals surface area (Å²) >= 11 is 0. The second-order valence-corrected chi connectivity index (χ2v) is 6.44. The Kier molecular flexibility index (Phi) is 4.28. The normalized spacial score (nSPS) is 19.8. The van der Waals surface area contributed by atoms with Crippen molar-refractivity contribution in [2.45, 2.75) is 25.0 Å². The Hall–Kier alpha value is -2.24. The maximum absolute atomic E-state index is 10.4. The summed E-state index contributed by atoms with van der Waals surface area (Å²) in [5, 5.41) is 11.5. The Balaban J connectivity index is 1.36. The Labute approximate surface area is 141 Å². The highest BCUT2D eigenvalue weighted by atomic mass is 16.5. The molecule has 1 fully saturated rings. The van der Waals surface area contributed by atoms with E-state index in [9.17, 15) is 5.11 Å². The van der Waals surface area contributed by atoms with Crippen molar-refractivity contribution in [1.29, 1.82) is 0 Å². The summed E-state index contributed by atoms with van der Waals surface area (Å²) in [7, 11) is 0. The number of β-amino-alcohol motifs (C(OH)–C–C–N with tert-alkyl or cyclic N) is 1. The second-order valence-electron chi connectivity index (χ2n) is 6.44. The van der Waals surface area contributed by atoms with Gasteiger partial charge in [0.1, 0.15) is 18.5 Å². The molecule has 1 saturated heterocycles. The number of rotatable bonds is 6. The number of benzene rings is 1. The van der Waals surface area contributed by atoms with Gasteiger partial charge in [0.05, 0.1) is 0 Å². The number of ether oxygens (including phenoxy) is 1. The predicted octanol–water partition coefficient (Wildman–Crippen LogP) is 3.07. The molecule has 24 heavy (non-hydrogen) atoms. The molecular weight excluding hydrogens is 302 g/mol. The van der Waals surface area contributed by atoms with Crippen LogP contribution in [0.15, 0.2) is 48.8 Å². The summed E-state index contributed by atoms with van der Waals surface area (Å²) in [6.07, 6.45) is 5.66. The topological polar surface area (TPSA) is 64.3 Å². The van der Waals surface area contributed by atoms with Gasteiger partial charge in [-0.1, -0.05) is 6.07 Å². The van der Waals surface area contributed by atoms with Gasteiger partial charge in [0.2, 0.25) is 0 Å². The molecule has 126 valence electrons. The standard InChI is InChI=1S/C19H23N3O2/c23-14(12-22-11-3-6-18(22)17-5-2-9-20-17)13-24-19-7-1-4-16-15(19)8-10-21-16/h1-2,4-5,7-10,14,18,20-21,23H,3,6,11-13H2.